The molecule has 0 aliphatic rings. The van der Waals surface area contributed by atoms with Gasteiger partial charge >= 0.3 is 0 Å². The first-order chi connectivity index (χ1) is 8.22. The third-order valence-corrected chi connectivity index (χ3v) is 2.88. The van der Waals surface area contributed by atoms with Crippen LogP contribution in [0.1, 0.15) is 6.42 Å². The summed E-state index contributed by atoms with van der Waals surface area (Å²) >= 11 is 0. The molecular formula is C13H22N2O2. The molecule has 0 radical (unpaired) electrons. The second-order valence-electron chi connectivity index (χ2n) is 3.98. The maximum atomic E-state index is 5.60. The number of nitrogens with zero attached hydrogens (tertiary/aromatic N) is 1. The van der Waals surface area contributed by atoms with E-state index in [2.05, 4.69) is 4.90 Å². The van der Waals surface area contributed by atoms with E-state index >= 15 is 0 Å². The van der Waals surface area contributed by atoms with Crippen molar-refractivity contribution in [3.05, 3.63) is 24.3 Å². The van der Waals surface area contributed by atoms with Gasteiger partial charge in [-0.15, -0.1) is 0 Å². The van der Waals surface area contributed by atoms with Gasteiger partial charge in [0.25, 0.3) is 0 Å². The Morgan fingerprint density at radius 1 is 1.29 bits per heavy atom. The van der Waals surface area contributed by atoms with Crippen molar-refractivity contribution in [2.45, 2.75) is 12.5 Å². The normalized spacial score (nSPS) is 12.2. The minimum Gasteiger partial charge on any atom is -0.495 e. The summed E-state index contributed by atoms with van der Waals surface area (Å²) in [5.41, 5.74) is 6.68. The summed E-state index contributed by atoms with van der Waals surface area (Å²) in [4.78, 5) is 2.15. The summed E-state index contributed by atoms with van der Waals surface area (Å²) in [7, 11) is 5.42. The minimum atomic E-state index is 0.118. The van der Waals surface area contributed by atoms with E-state index in [0.717, 1.165) is 24.4 Å². The van der Waals surface area contributed by atoms with E-state index in [0.29, 0.717) is 6.54 Å². The molecule has 1 rings (SSSR count). The lowest BCUT2D eigenvalue weighted by Gasteiger charge is -2.23. The van der Waals surface area contributed by atoms with Crippen molar-refractivity contribution < 1.29 is 9.47 Å². The van der Waals surface area contributed by atoms with Gasteiger partial charge in [-0.25, -0.2) is 0 Å². The minimum absolute atomic E-state index is 0.118. The van der Waals surface area contributed by atoms with E-state index in [1.807, 2.05) is 31.3 Å². The summed E-state index contributed by atoms with van der Waals surface area (Å²) in [5.74, 6) is 0.886. The first-order valence-corrected chi connectivity index (χ1v) is 5.80. The number of hydrogen-bond donors (Lipinski definition) is 1. The molecule has 0 aliphatic carbocycles. The molecule has 4 heteroatoms. The Morgan fingerprint density at radius 3 is 2.59 bits per heavy atom. The van der Waals surface area contributed by atoms with Crippen LogP contribution in [0.3, 0.4) is 0 Å². The van der Waals surface area contributed by atoms with Gasteiger partial charge in [-0.05, 0) is 18.6 Å². The molecule has 1 aromatic carbocycles. The van der Waals surface area contributed by atoms with Crippen molar-refractivity contribution in [2.24, 2.45) is 5.73 Å². The highest BCUT2D eigenvalue weighted by Crippen LogP contribution is 2.26. The Hall–Kier alpha value is -1.26. The molecule has 0 aliphatic heterocycles. The van der Waals surface area contributed by atoms with Gasteiger partial charge in [0.2, 0.25) is 0 Å². The van der Waals surface area contributed by atoms with Gasteiger partial charge in [0.1, 0.15) is 5.75 Å². The molecule has 1 atom stereocenters. The Morgan fingerprint density at radius 2 is 2.00 bits per heavy atom. The third-order valence-electron chi connectivity index (χ3n) is 2.88. The van der Waals surface area contributed by atoms with Crippen molar-refractivity contribution in [3.63, 3.8) is 0 Å². The number of anilines is 1. The molecule has 2 N–H and O–H groups in total. The van der Waals surface area contributed by atoms with Gasteiger partial charge < -0.3 is 20.1 Å². The first-order valence-electron chi connectivity index (χ1n) is 5.80. The number of ether oxygens (including phenoxy) is 2. The van der Waals surface area contributed by atoms with Gasteiger partial charge in [0.05, 0.1) is 18.9 Å². The molecule has 17 heavy (non-hydrogen) atoms. The van der Waals surface area contributed by atoms with Crippen molar-refractivity contribution >= 4 is 5.69 Å². The first kappa shape index (κ1) is 13.8. The number of benzene rings is 1. The maximum absolute atomic E-state index is 5.60. The Kier molecular flexibility index (Phi) is 5.80. The van der Waals surface area contributed by atoms with E-state index in [1.165, 1.54) is 0 Å². The molecule has 0 bridgehead atoms. The van der Waals surface area contributed by atoms with Crippen LogP contribution in [-0.4, -0.2) is 40.5 Å². The fraction of sp³-hybridized carbons (Fsp3) is 0.538. The predicted octanol–water partition coefficient (Wildman–Crippen LogP) is 1.50. The van der Waals surface area contributed by atoms with Crippen molar-refractivity contribution in [1.82, 2.24) is 0 Å². The number of nitrogens with two attached hydrogens (primary N) is 1. The monoisotopic (exact) mass is 238 g/mol. The molecule has 0 heterocycles. The highest BCUT2D eigenvalue weighted by Gasteiger charge is 2.10. The van der Waals surface area contributed by atoms with Gasteiger partial charge in [0, 0.05) is 27.2 Å². The smallest absolute Gasteiger partial charge is 0.142 e. The second-order valence-corrected chi connectivity index (χ2v) is 3.98. The third kappa shape index (κ3) is 3.91. The summed E-state index contributed by atoms with van der Waals surface area (Å²) < 4.78 is 10.6. The van der Waals surface area contributed by atoms with Gasteiger partial charge in [-0.2, -0.15) is 0 Å². The molecule has 0 aromatic heterocycles. The Labute approximate surface area is 103 Å². The number of rotatable bonds is 7. The maximum Gasteiger partial charge on any atom is 0.142 e. The van der Waals surface area contributed by atoms with E-state index in [-0.39, 0.29) is 6.10 Å². The fourth-order valence-electron chi connectivity index (χ4n) is 1.74. The Balaban J connectivity index is 2.60. The van der Waals surface area contributed by atoms with Crippen LogP contribution in [0.2, 0.25) is 0 Å². The van der Waals surface area contributed by atoms with Crippen LogP contribution in [0.25, 0.3) is 0 Å². The van der Waals surface area contributed by atoms with Crippen molar-refractivity contribution in [2.75, 3.05) is 39.3 Å². The lowest BCUT2D eigenvalue weighted by atomic mass is 10.2. The zero-order valence-corrected chi connectivity index (χ0v) is 10.8. The summed E-state index contributed by atoms with van der Waals surface area (Å²) in [6.45, 7) is 1.44. The average molecular weight is 238 g/mol. The largest absolute Gasteiger partial charge is 0.495 e. The molecule has 0 spiro atoms. The lowest BCUT2D eigenvalue weighted by Crippen LogP contribution is -2.29. The SMILES string of the molecule is COc1ccccc1N(C)CCC(CN)OC. The van der Waals surface area contributed by atoms with Crippen LogP contribution in [-0.2, 0) is 4.74 Å². The molecule has 1 aromatic rings. The quantitative estimate of drug-likeness (QED) is 0.782. The molecule has 4 nitrogen and oxygen atoms in total. The lowest BCUT2D eigenvalue weighted by molar-refractivity contribution is 0.104. The zero-order chi connectivity index (χ0) is 12.7. The number of methoxy groups -OCH3 is 2. The molecule has 1 unspecified atom stereocenters. The molecule has 0 amide bonds. The highest BCUT2D eigenvalue weighted by atomic mass is 16.5. The van der Waals surface area contributed by atoms with Crippen LogP contribution in [0.15, 0.2) is 24.3 Å². The van der Waals surface area contributed by atoms with Gasteiger partial charge in [-0.3, -0.25) is 0 Å². The van der Waals surface area contributed by atoms with Crippen LogP contribution in [0.4, 0.5) is 5.69 Å². The van der Waals surface area contributed by atoms with E-state index in [1.54, 1.807) is 14.2 Å². The molecule has 0 saturated carbocycles. The topological polar surface area (TPSA) is 47.7 Å². The summed E-state index contributed by atoms with van der Waals surface area (Å²) in [6, 6.07) is 7.98. The molecular weight excluding hydrogens is 216 g/mol. The van der Waals surface area contributed by atoms with E-state index in [4.69, 9.17) is 15.2 Å². The van der Waals surface area contributed by atoms with Gasteiger partial charge in [0.15, 0.2) is 0 Å². The molecule has 96 valence electrons. The van der Waals surface area contributed by atoms with Crippen LogP contribution >= 0.6 is 0 Å². The number of hydrogen-bond acceptors (Lipinski definition) is 4. The van der Waals surface area contributed by atoms with Gasteiger partial charge in [-0.1, -0.05) is 12.1 Å². The molecule has 0 fully saturated rings. The van der Waals surface area contributed by atoms with Crippen molar-refractivity contribution in [3.8, 4) is 5.75 Å². The molecule has 0 saturated heterocycles. The van der Waals surface area contributed by atoms with E-state index in [9.17, 15) is 0 Å². The predicted molar refractivity (Wildman–Crippen MR) is 70.7 cm³/mol. The standard InChI is InChI=1S/C13H22N2O2/c1-15(9-8-11(10-14)16-2)12-6-4-5-7-13(12)17-3/h4-7,11H,8-10,14H2,1-3H3. The Bertz CT molecular complexity index is 327. The average Bonchev–Trinajstić information content (AvgIpc) is 2.39. The van der Waals surface area contributed by atoms with Crippen LogP contribution < -0.4 is 15.4 Å². The van der Waals surface area contributed by atoms with E-state index < -0.39 is 0 Å². The highest BCUT2D eigenvalue weighted by molar-refractivity contribution is 5.57. The number of para-hydroxylation sites is 2. The van der Waals surface area contributed by atoms with Crippen LogP contribution in [0.5, 0.6) is 5.75 Å². The summed E-state index contributed by atoms with van der Waals surface area (Å²) in [6.07, 6.45) is 1.02. The van der Waals surface area contributed by atoms with Crippen molar-refractivity contribution in [1.29, 1.82) is 0 Å². The van der Waals surface area contributed by atoms with Crippen LogP contribution in [0, 0.1) is 0 Å². The second kappa shape index (κ2) is 7.14. The zero-order valence-electron chi connectivity index (χ0n) is 10.8. The summed E-state index contributed by atoms with van der Waals surface area (Å²) in [5, 5.41) is 0. The fourth-order valence-corrected chi connectivity index (χ4v) is 1.74.